The van der Waals surface area contributed by atoms with E-state index in [2.05, 4.69) is 0 Å². The van der Waals surface area contributed by atoms with E-state index in [1.165, 1.54) is 15.3 Å². The van der Waals surface area contributed by atoms with Crippen LogP contribution in [0.4, 0.5) is 0 Å². The van der Waals surface area contributed by atoms with Gasteiger partial charge in [-0.3, -0.25) is 9.36 Å². The van der Waals surface area contributed by atoms with Gasteiger partial charge < -0.3 is 9.30 Å². The van der Waals surface area contributed by atoms with Crippen LogP contribution in [0.1, 0.15) is 13.3 Å². The minimum atomic E-state index is -0.300. The number of nitrogens with zero attached hydrogens (tertiary/aromatic N) is 2. The number of hydrogen-bond acceptors (Lipinski definition) is 3. The molecule has 0 atom stereocenters. The molecule has 0 unspecified atom stereocenters. The van der Waals surface area contributed by atoms with Gasteiger partial charge in [-0.05, 0) is 29.0 Å². The first kappa shape index (κ1) is 13.4. The first-order valence-electron chi connectivity index (χ1n) is 5.11. The lowest BCUT2D eigenvalue weighted by Crippen LogP contribution is -2.40. The van der Waals surface area contributed by atoms with Gasteiger partial charge in [0.2, 0.25) is 0 Å². The van der Waals surface area contributed by atoms with Gasteiger partial charge in [0.25, 0.3) is 5.56 Å². The summed E-state index contributed by atoms with van der Waals surface area (Å²) in [6.45, 7) is 3.36. The Morgan fingerprint density at radius 1 is 1.38 bits per heavy atom. The SMILES string of the molecule is CCCOCCn1c(=O)c(I)cn(C)c1=O. The van der Waals surface area contributed by atoms with Crippen LogP contribution in [0.2, 0.25) is 0 Å². The van der Waals surface area contributed by atoms with Gasteiger partial charge in [-0.15, -0.1) is 0 Å². The molecule has 1 rings (SSSR count). The number of aromatic nitrogens is 2. The summed E-state index contributed by atoms with van der Waals surface area (Å²) >= 11 is 1.93. The van der Waals surface area contributed by atoms with Gasteiger partial charge in [0.1, 0.15) is 0 Å². The molecule has 0 saturated heterocycles. The minimum Gasteiger partial charge on any atom is -0.380 e. The Kier molecular flexibility index (Phi) is 5.20. The van der Waals surface area contributed by atoms with Gasteiger partial charge in [-0.2, -0.15) is 0 Å². The summed E-state index contributed by atoms with van der Waals surface area (Å²) < 4.78 is 8.41. The van der Waals surface area contributed by atoms with E-state index in [-0.39, 0.29) is 11.2 Å². The molecule has 0 aliphatic heterocycles. The van der Waals surface area contributed by atoms with E-state index in [0.717, 1.165) is 6.42 Å². The molecule has 0 radical (unpaired) electrons. The number of ether oxygens (including phenoxy) is 1. The maximum atomic E-state index is 11.7. The van der Waals surface area contributed by atoms with Gasteiger partial charge >= 0.3 is 5.69 Å². The van der Waals surface area contributed by atoms with Crippen LogP contribution >= 0.6 is 22.6 Å². The second-order valence-corrected chi connectivity index (χ2v) is 4.60. The van der Waals surface area contributed by atoms with E-state index >= 15 is 0 Å². The molecule has 16 heavy (non-hydrogen) atoms. The smallest absolute Gasteiger partial charge is 0.330 e. The summed E-state index contributed by atoms with van der Waals surface area (Å²) in [5, 5.41) is 0. The molecule has 0 amide bonds. The fourth-order valence-electron chi connectivity index (χ4n) is 1.29. The monoisotopic (exact) mass is 338 g/mol. The second kappa shape index (κ2) is 6.19. The maximum Gasteiger partial charge on any atom is 0.330 e. The van der Waals surface area contributed by atoms with Gasteiger partial charge in [0.15, 0.2) is 0 Å². The van der Waals surface area contributed by atoms with E-state index in [1.807, 2.05) is 29.5 Å². The molecule has 0 aromatic carbocycles. The highest BCUT2D eigenvalue weighted by Crippen LogP contribution is 1.93. The third-order valence-corrected chi connectivity index (χ3v) is 2.84. The molecule has 0 spiro atoms. The number of halogens is 1. The quantitative estimate of drug-likeness (QED) is 0.583. The van der Waals surface area contributed by atoms with Crippen molar-refractivity contribution in [1.82, 2.24) is 9.13 Å². The average Bonchev–Trinajstić information content (AvgIpc) is 2.25. The van der Waals surface area contributed by atoms with Crippen LogP contribution in [0.5, 0.6) is 0 Å². The largest absolute Gasteiger partial charge is 0.380 e. The molecule has 0 aliphatic carbocycles. The van der Waals surface area contributed by atoms with Crippen molar-refractivity contribution in [2.24, 2.45) is 7.05 Å². The molecule has 1 aromatic heterocycles. The molecular weight excluding hydrogens is 323 g/mol. The molecule has 6 heteroatoms. The Labute approximate surface area is 107 Å². The minimum absolute atomic E-state index is 0.246. The Bertz CT molecular complexity index is 430. The molecule has 0 aliphatic rings. The summed E-state index contributed by atoms with van der Waals surface area (Å²) in [6, 6.07) is 0. The number of aryl methyl sites for hydroxylation is 1. The molecule has 1 heterocycles. The van der Waals surface area contributed by atoms with Gasteiger partial charge in [-0.1, -0.05) is 6.92 Å². The average molecular weight is 338 g/mol. The topological polar surface area (TPSA) is 53.2 Å². The van der Waals surface area contributed by atoms with Crippen molar-refractivity contribution in [2.45, 2.75) is 19.9 Å². The highest BCUT2D eigenvalue weighted by Gasteiger charge is 2.06. The van der Waals surface area contributed by atoms with E-state index in [0.29, 0.717) is 23.3 Å². The van der Waals surface area contributed by atoms with E-state index in [4.69, 9.17) is 4.74 Å². The van der Waals surface area contributed by atoms with Crippen LogP contribution in [0.15, 0.2) is 15.8 Å². The predicted octanol–water partition coefficient (Wildman–Crippen LogP) is 0.578. The van der Waals surface area contributed by atoms with Gasteiger partial charge in [0.05, 0.1) is 16.7 Å². The normalized spacial score (nSPS) is 10.7. The predicted molar refractivity (Wildman–Crippen MR) is 69.8 cm³/mol. The van der Waals surface area contributed by atoms with Crippen LogP contribution in [0.3, 0.4) is 0 Å². The lowest BCUT2D eigenvalue weighted by molar-refractivity contribution is 0.125. The zero-order valence-corrected chi connectivity index (χ0v) is 11.6. The number of hydrogen-bond donors (Lipinski definition) is 0. The van der Waals surface area contributed by atoms with Gasteiger partial charge in [0, 0.05) is 19.9 Å². The Morgan fingerprint density at radius 2 is 2.06 bits per heavy atom. The molecule has 0 bridgehead atoms. The lowest BCUT2D eigenvalue weighted by atomic mass is 10.5. The zero-order chi connectivity index (χ0) is 12.1. The van der Waals surface area contributed by atoms with Crippen LogP contribution in [-0.2, 0) is 18.3 Å². The van der Waals surface area contributed by atoms with Crippen LogP contribution in [0.25, 0.3) is 0 Å². The van der Waals surface area contributed by atoms with Crippen LogP contribution in [0, 0.1) is 3.57 Å². The fraction of sp³-hybridized carbons (Fsp3) is 0.600. The standard InChI is InChI=1S/C10H15IN2O3/c1-3-5-16-6-4-13-9(14)8(11)7-12(2)10(13)15/h7H,3-6H2,1-2H3. The van der Waals surface area contributed by atoms with Crippen molar-refractivity contribution in [3.05, 3.63) is 30.6 Å². The summed E-state index contributed by atoms with van der Waals surface area (Å²) in [4.78, 5) is 23.4. The van der Waals surface area contributed by atoms with E-state index in [9.17, 15) is 9.59 Å². The van der Waals surface area contributed by atoms with Crippen molar-refractivity contribution >= 4 is 22.6 Å². The first-order chi connectivity index (χ1) is 7.57. The molecule has 0 N–H and O–H groups in total. The summed E-state index contributed by atoms with van der Waals surface area (Å²) in [5.74, 6) is 0. The lowest BCUT2D eigenvalue weighted by Gasteiger charge is -2.07. The van der Waals surface area contributed by atoms with Crippen molar-refractivity contribution in [2.75, 3.05) is 13.2 Å². The van der Waals surface area contributed by atoms with Crippen molar-refractivity contribution in [3.8, 4) is 0 Å². The Hall–Kier alpha value is -0.630. The van der Waals surface area contributed by atoms with Crippen LogP contribution in [-0.4, -0.2) is 22.3 Å². The third kappa shape index (κ3) is 3.18. The zero-order valence-electron chi connectivity index (χ0n) is 9.40. The Balaban J connectivity index is 2.87. The van der Waals surface area contributed by atoms with Crippen LogP contribution < -0.4 is 11.2 Å². The van der Waals surface area contributed by atoms with Gasteiger partial charge in [-0.25, -0.2) is 4.79 Å². The molecule has 5 nitrogen and oxygen atoms in total. The summed E-state index contributed by atoms with van der Waals surface area (Å²) in [6.07, 6.45) is 2.47. The molecule has 90 valence electrons. The second-order valence-electron chi connectivity index (χ2n) is 3.44. The molecule has 0 fully saturated rings. The summed E-state index contributed by atoms with van der Waals surface area (Å²) in [5.41, 5.74) is -0.547. The highest BCUT2D eigenvalue weighted by molar-refractivity contribution is 14.1. The Morgan fingerprint density at radius 3 is 2.69 bits per heavy atom. The van der Waals surface area contributed by atoms with E-state index in [1.54, 1.807) is 7.05 Å². The number of rotatable bonds is 5. The van der Waals surface area contributed by atoms with E-state index < -0.39 is 0 Å². The van der Waals surface area contributed by atoms with Crippen molar-refractivity contribution in [3.63, 3.8) is 0 Å². The molecule has 1 aromatic rings. The maximum absolute atomic E-state index is 11.7. The van der Waals surface area contributed by atoms with Crippen molar-refractivity contribution in [1.29, 1.82) is 0 Å². The fourth-order valence-corrected chi connectivity index (χ4v) is 2.00. The summed E-state index contributed by atoms with van der Waals surface area (Å²) in [7, 11) is 1.63. The van der Waals surface area contributed by atoms with Crippen molar-refractivity contribution < 1.29 is 4.74 Å². The molecular formula is C10H15IN2O3. The molecule has 0 saturated carbocycles. The highest BCUT2D eigenvalue weighted by atomic mass is 127. The third-order valence-electron chi connectivity index (χ3n) is 2.10. The first-order valence-corrected chi connectivity index (χ1v) is 6.19.